The normalized spacial score (nSPS) is 21.4. The molecule has 2 aromatic heterocycles. The van der Waals surface area contributed by atoms with E-state index in [4.69, 9.17) is 16.3 Å². The highest BCUT2D eigenvalue weighted by Crippen LogP contribution is 2.31. The summed E-state index contributed by atoms with van der Waals surface area (Å²) in [6, 6.07) is 4.21. The van der Waals surface area contributed by atoms with Crippen LogP contribution in [0.15, 0.2) is 18.2 Å². The number of halogens is 1. The van der Waals surface area contributed by atoms with Gasteiger partial charge in [0.2, 0.25) is 0 Å². The first-order valence-electron chi connectivity index (χ1n) is 9.61. The number of nitrogens with one attached hydrogen (secondary N) is 1. The third kappa shape index (κ3) is 4.25. The maximum Gasteiger partial charge on any atom is 0.328 e. The Bertz CT molecular complexity index is 989. The number of carbonyl (C=O) groups excluding carboxylic acids is 3. The summed E-state index contributed by atoms with van der Waals surface area (Å²) in [5.41, 5.74) is 1.20. The number of hydrogen-bond donors (Lipinski definition) is 1. The van der Waals surface area contributed by atoms with Crippen molar-refractivity contribution in [2.45, 2.75) is 31.5 Å². The first kappa shape index (κ1) is 21.3. The third-order valence-corrected chi connectivity index (χ3v) is 7.83. The van der Waals surface area contributed by atoms with Crippen molar-refractivity contribution in [2.75, 3.05) is 27.2 Å². The molecule has 2 amide bonds. The molecule has 0 spiro atoms. The molecule has 0 radical (unpaired) electrons. The van der Waals surface area contributed by atoms with Crippen molar-refractivity contribution < 1.29 is 19.1 Å². The van der Waals surface area contributed by atoms with Gasteiger partial charge in [0.05, 0.1) is 21.2 Å². The lowest BCUT2D eigenvalue weighted by atomic mass is 10.1. The minimum absolute atomic E-state index is 0.191. The van der Waals surface area contributed by atoms with Crippen LogP contribution in [0.25, 0.3) is 0 Å². The summed E-state index contributed by atoms with van der Waals surface area (Å²) in [5, 5.41) is 2.92. The summed E-state index contributed by atoms with van der Waals surface area (Å²) in [5.74, 6) is -0.923. The monoisotopic (exact) mass is 467 g/mol. The predicted molar refractivity (Wildman–Crippen MR) is 116 cm³/mol. The van der Waals surface area contributed by atoms with E-state index in [0.717, 1.165) is 19.5 Å². The second-order valence-electron chi connectivity index (χ2n) is 7.55. The Morgan fingerprint density at radius 3 is 2.73 bits per heavy atom. The van der Waals surface area contributed by atoms with Gasteiger partial charge in [-0.1, -0.05) is 11.6 Å². The number of hydrogen-bond acceptors (Lipinski definition) is 7. The standard InChI is InChI=1S/C20H22ClN3O4S2/c1-23-6-5-11-7-15(29-16(11)10-23)19(26)24-9-12(8-13(24)20(27)28-2)22-18(25)14-3-4-17(21)30-14/h3-4,7,12-13H,5-6,8-10H2,1-2H3,(H,22,25)/t12-,13+/m1/s1. The Morgan fingerprint density at radius 2 is 2.03 bits per heavy atom. The van der Waals surface area contributed by atoms with Gasteiger partial charge in [-0.3, -0.25) is 9.59 Å². The van der Waals surface area contributed by atoms with Crippen molar-refractivity contribution in [1.29, 1.82) is 0 Å². The van der Waals surface area contributed by atoms with Gasteiger partial charge in [0.25, 0.3) is 11.8 Å². The van der Waals surface area contributed by atoms with Crippen molar-refractivity contribution in [3.05, 3.63) is 42.7 Å². The van der Waals surface area contributed by atoms with Crippen LogP contribution in [0, 0.1) is 0 Å². The zero-order chi connectivity index (χ0) is 21.4. The second kappa shape index (κ2) is 8.66. The van der Waals surface area contributed by atoms with E-state index in [1.807, 2.05) is 6.07 Å². The van der Waals surface area contributed by atoms with Gasteiger partial charge in [-0.2, -0.15) is 0 Å². The number of fused-ring (bicyclic) bond motifs is 1. The van der Waals surface area contributed by atoms with E-state index in [-0.39, 0.29) is 24.4 Å². The Labute approximate surface area is 187 Å². The van der Waals surface area contributed by atoms with Crippen molar-refractivity contribution in [1.82, 2.24) is 15.1 Å². The topological polar surface area (TPSA) is 79.0 Å². The van der Waals surface area contributed by atoms with Crippen LogP contribution in [0.1, 0.15) is 36.2 Å². The molecule has 30 heavy (non-hydrogen) atoms. The number of methoxy groups -OCH3 is 1. The fourth-order valence-electron chi connectivity index (χ4n) is 3.91. The quantitative estimate of drug-likeness (QED) is 0.699. The van der Waals surface area contributed by atoms with E-state index in [1.54, 1.807) is 12.1 Å². The summed E-state index contributed by atoms with van der Waals surface area (Å²) in [7, 11) is 3.37. The van der Waals surface area contributed by atoms with Gasteiger partial charge in [-0.25, -0.2) is 4.79 Å². The molecule has 4 rings (SSSR count). The number of esters is 1. The summed E-state index contributed by atoms with van der Waals surface area (Å²) in [6.45, 7) is 2.05. The number of nitrogens with zero attached hydrogens (tertiary/aromatic N) is 2. The molecular formula is C20H22ClN3O4S2. The molecule has 0 saturated carbocycles. The Hall–Kier alpha value is -1.94. The van der Waals surface area contributed by atoms with E-state index < -0.39 is 12.0 Å². The minimum atomic E-state index is -0.721. The van der Waals surface area contributed by atoms with Crippen molar-refractivity contribution in [3.8, 4) is 0 Å². The molecule has 1 N–H and O–H groups in total. The molecular weight excluding hydrogens is 446 g/mol. The van der Waals surface area contributed by atoms with Crippen LogP contribution in [0.5, 0.6) is 0 Å². The number of amides is 2. The number of rotatable bonds is 4. The fraction of sp³-hybridized carbons (Fsp3) is 0.450. The van der Waals surface area contributed by atoms with E-state index in [0.29, 0.717) is 20.5 Å². The van der Waals surface area contributed by atoms with Crippen molar-refractivity contribution >= 4 is 52.1 Å². The Balaban J connectivity index is 1.51. The van der Waals surface area contributed by atoms with Crippen LogP contribution < -0.4 is 5.32 Å². The molecule has 1 saturated heterocycles. The zero-order valence-corrected chi connectivity index (χ0v) is 19.0. The number of likely N-dealkylation sites (N-methyl/N-ethyl adjacent to an activating group) is 1. The second-order valence-corrected chi connectivity index (χ2v) is 10.4. The van der Waals surface area contributed by atoms with E-state index >= 15 is 0 Å². The van der Waals surface area contributed by atoms with Crippen molar-refractivity contribution in [3.63, 3.8) is 0 Å². The van der Waals surface area contributed by atoms with Gasteiger partial charge in [0.1, 0.15) is 6.04 Å². The molecule has 2 aromatic rings. The average Bonchev–Trinajstić information content (AvgIpc) is 3.44. The maximum absolute atomic E-state index is 13.3. The largest absolute Gasteiger partial charge is 0.467 e. The molecule has 0 aliphatic carbocycles. The number of ether oxygens (including phenoxy) is 1. The highest BCUT2D eigenvalue weighted by Gasteiger charge is 2.42. The summed E-state index contributed by atoms with van der Waals surface area (Å²) < 4.78 is 5.45. The lowest BCUT2D eigenvalue weighted by Gasteiger charge is -2.21. The molecule has 2 aliphatic rings. The van der Waals surface area contributed by atoms with E-state index in [9.17, 15) is 14.4 Å². The molecule has 7 nitrogen and oxygen atoms in total. The third-order valence-electron chi connectivity index (χ3n) is 5.45. The summed E-state index contributed by atoms with van der Waals surface area (Å²) >= 11 is 8.59. The van der Waals surface area contributed by atoms with E-state index in [2.05, 4.69) is 17.3 Å². The van der Waals surface area contributed by atoms with Gasteiger partial charge >= 0.3 is 5.97 Å². The molecule has 0 bridgehead atoms. The first-order valence-corrected chi connectivity index (χ1v) is 11.6. The van der Waals surface area contributed by atoms with Crippen LogP contribution in [-0.4, -0.2) is 66.9 Å². The van der Waals surface area contributed by atoms with Gasteiger partial charge in [0.15, 0.2) is 0 Å². The van der Waals surface area contributed by atoms with Crippen molar-refractivity contribution in [2.24, 2.45) is 0 Å². The zero-order valence-electron chi connectivity index (χ0n) is 16.6. The maximum atomic E-state index is 13.3. The SMILES string of the molecule is COC(=O)[C@@H]1C[C@@H](NC(=O)c2ccc(Cl)s2)CN1C(=O)c1cc2c(s1)CN(C)CC2. The lowest BCUT2D eigenvalue weighted by Crippen LogP contribution is -2.41. The van der Waals surface area contributed by atoms with Gasteiger partial charge in [0, 0.05) is 37.0 Å². The number of carbonyl (C=O) groups is 3. The van der Waals surface area contributed by atoms with E-state index in [1.165, 1.54) is 45.1 Å². The highest BCUT2D eigenvalue weighted by molar-refractivity contribution is 7.18. The van der Waals surface area contributed by atoms with Crippen LogP contribution in [0.2, 0.25) is 4.34 Å². The summed E-state index contributed by atoms with van der Waals surface area (Å²) in [4.78, 5) is 44.2. The van der Waals surface area contributed by atoms with Crippen LogP contribution in [-0.2, 0) is 22.5 Å². The fourth-order valence-corrected chi connectivity index (χ4v) is 6.11. The van der Waals surface area contributed by atoms with Gasteiger partial charge in [-0.15, -0.1) is 22.7 Å². The Morgan fingerprint density at radius 1 is 1.23 bits per heavy atom. The van der Waals surface area contributed by atoms with Gasteiger partial charge < -0.3 is 19.9 Å². The molecule has 0 aromatic carbocycles. The molecule has 1 fully saturated rings. The molecule has 2 atom stereocenters. The van der Waals surface area contributed by atoms with Crippen LogP contribution in [0.3, 0.4) is 0 Å². The smallest absolute Gasteiger partial charge is 0.328 e. The Kier molecular flexibility index (Phi) is 6.15. The predicted octanol–water partition coefficient (Wildman–Crippen LogP) is 2.64. The number of likely N-dealkylation sites (tertiary alicyclic amines) is 1. The summed E-state index contributed by atoms with van der Waals surface area (Å²) in [6.07, 6.45) is 1.23. The van der Waals surface area contributed by atoms with Crippen LogP contribution >= 0.6 is 34.3 Å². The highest BCUT2D eigenvalue weighted by atomic mass is 35.5. The van der Waals surface area contributed by atoms with Gasteiger partial charge in [-0.05, 0) is 37.2 Å². The molecule has 2 aliphatic heterocycles. The molecule has 160 valence electrons. The first-order chi connectivity index (χ1) is 14.4. The molecule has 10 heteroatoms. The average molecular weight is 468 g/mol. The number of thiophene rings is 2. The minimum Gasteiger partial charge on any atom is -0.467 e. The van der Waals surface area contributed by atoms with Crippen LogP contribution in [0.4, 0.5) is 0 Å². The molecule has 0 unspecified atom stereocenters. The molecule has 4 heterocycles. The lowest BCUT2D eigenvalue weighted by molar-refractivity contribution is -0.145.